The first-order chi connectivity index (χ1) is 12.7. The molecule has 2 nitrogen and oxygen atoms in total. The smallest absolute Gasteiger partial charge is 0.303 e. The van der Waals surface area contributed by atoms with Gasteiger partial charge in [0.15, 0.2) is 0 Å². The zero-order chi connectivity index (χ0) is 19.3. The maximum Gasteiger partial charge on any atom is 0.303 e. The van der Waals surface area contributed by atoms with E-state index in [-0.39, 0.29) is 0 Å². The number of hydrogen-bond donors (Lipinski definition) is 1. The topological polar surface area (TPSA) is 37.3 Å². The van der Waals surface area contributed by atoms with Crippen LogP contribution in [0.2, 0.25) is 0 Å². The molecule has 0 amide bonds. The van der Waals surface area contributed by atoms with Gasteiger partial charge in [-0.05, 0) is 5.92 Å². The number of rotatable bonds is 21. The van der Waals surface area contributed by atoms with Gasteiger partial charge in [-0.2, -0.15) is 0 Å². The summed E-state index contributed by atoms with van der Waals surface area (Å²) in [6.07, 6.45) is 26.6. The first kappa shape index (κ1) is 25.5. The monoisotopic (exact) mass is 368 g/mol. The van der Waals surface area contributed by atoms with Crippen LogP contribution in [0.4, 0.5) is 0 Å². The summed E-state index contributed by atoms with van der Waals surface area (Å²) in [7, 11) is 0. The van der Waals surface area contributed by atoms with E-state index in [2.05, 4.69) is 13.8 Å². The molecule has 0 aliphatic rings. The number of aliphatic carboxylic acids is 1. The minimum Gasteiger partial charge on any atom is -0.481 e. The number of hydrogen-bond acceptors (Lipinski definition) is 1. The quantitative estimate of drug-likeness (QED) is 0.206. The molecule has 26 heavy (non-hydrogen) atoms. The Morgan fingerprint density at radius 1 is 0.615 bits per heavy atom. The molecule has 156 valence electrons. The van der Waals surface area contributed by atoms with E-state index in [9.17, 15) is 4.79 Å². The summed E-state index contributed by atoms with van der Waals surface area (Å²) in [6, 6.07) is 0. The Bertz CT molecular complexity index is 288. The van der Waals surface area contributed by atoms with Gasteiger partial charge in [0, 0.05) is 6.42 Å². The van der Waals surface area contributed by atoms with Crippen LogP contribution in [0.15, 0.2) is 0 Å². The summed E-state index contributed by atoms with van der Waals surface area (Å²) in [5.74, 6) is -0.312. The molecule has 0 rings (SSSR count). The van der Waals surface area contributed by atoms with Crippen molar-refractivity contribution in [1.29, 1.82) is 0 Å². The van der Waals surface area contributed by atoms with Gasteiger partial charge in [-0.25, -0.2) is 0 Å². The highest BCUT2D eigenvalue weighted by Crippen LogP contribution is 2.16. The van der Waals surface area contributed by atoms with Gasteiger partial charge in [0.1, 0.15) is 0 Å². The standard InChI is InChI=1S/C24H48O2/c1-3-4-5-6-7-8-9-10-11-12-13-14-15-16-17-18-19-20-21-23(2)22-24(25)26/h23H,3-22H2,1-2H3,(H,25,26)/t23-/m0/s1. The van der Waals surface area contributed by atoms with E-state index in [0.717, 1.165) is 6.42 Å². The van der Waals surface area contributed by atoms with Gasteiger partial charge in [0.25, 0.3) is 0 Å². The highest BCUT2D eigenvalue weighted by atomic mass is 16.4. The van der Waals surface area contributed by atoms with E-state index >= 15 is 0 Å². The second-order valence-corrected chi connectivity index (χ2v) is 8.50. The summed E-state index contributed by atoms with van der Waals surface area (Å²) >= 11 is 0. The molecule has 0 saturated heterocycles. The lowest BCUT2D eigenvalue weighted by atomic mass is 9.99. The summed E-state index contributed by atoms with van der Waals surface area (Å²) < 4.78 is 0. The van der Waals surface area contributed by atoms with Crippen LogP contribution >= 0.6 is 0 Å². The van der Waals surface area contributed by atoms with Crippen LogP contribution in [0.25, 0.3) is 0 Å². The van der Waals surface area contributed by atoms with Crippen molar-refractivity contribution in [2.75, 3.05) is 0 Å². The van der Waals surface area contributed by atoms with Gasteiger partial charge in [0.2, 0.25) is 0 Å². The molecular weight excluding hydrogens is 320 g/mol. The summed E-state index contributed by atoms with van der Waals surface area (Å²) in [4.78, 5) is 10.6. The summed E-state index contributed by atoms with van der Waals surface area (Å²) in [5, 5.41) is 8.74. The van der Waals surface area contributed by atoms with E-state index in [4.69, 9.17) is 5.11 Å². The summed E-state index contributed by atoms with van der Waals surface area (Å²) in [6.45, 7) is 4.34. The Labute approximate surface area is 164 Å². The first-order valence-electron chi connectivity index (χ1n) is 11.9. The van der Waals surface area contributed by atoms with Gasteiger partial charge in [-0.3, -0.25) is 4.79 Å². The highest BCUT2D eigenvalue weighted by Gasteiger charge is 2.06. The SMILES string of the molecule is CCCCCCCCCCCCCCCCCCCC[C@H](C)CC(=O)O. The molecule has 0 bridgehead atoms. The molecule has 0 unspecified atom stereocenters. The summed E-state index contributed by atoms with van der Waals surface area (Å²) in [5.41, 5.74) is 0. The van der Waals surface area contributed by atoms with Crippen LogP contribution in [0.3, 0.4) is 0 Å². The Morgan fingerprint density at radius 2 is 0.923 bits per heavy atom. The Hall–Kier alpha value is -0.530. The van der Waals surface area contributed by atoms with Crippen LogP contribution in [-0.4, -0.2) is 11.1 Å². The molecule has 0 heterocycles. The molecule has 0 aromatic carbocycles. The van der Waals surface area contributed by atoms with Crippen molar-refractivity contribution in [3.63, 3.8) is 0 Å². The molecule has 0 aliphatic carbocycles. The third-order valence-electron chi connectivity index (χ3n) is 5.57. The Balaban J connectivity index is 3.06. The van der Waals surface area contributed by atoms with E-state index < -0.39 is 5.97 Å². The molecule has 0 aromatic heterocycles. The third kappa shape index (κ3) is 21.5. The fourth-order valence-corrected chi connectivity index (χ4v) is 3.79. The maximum absolute atomic E-state index is 10.6. The number of carboxylic acids is 1. The number of carboxylic acid groups (broad SMARTS) is 1. The van der Waals surface area contributed by atoms with E-state index in [0.29, 0.717) is 12.3 Å². The third-order valence-corrected chi connectivity index (χ3v) is 5.57. The van der Waals surface area contributed by atoms with E-state index in [1.54, 1.807) is 0 Å². The van der Waals surface area contributed by atoms with E-state index in [1.807, 2.05) is 0 Å². The molecule has 2 heteroatoms. The Kier molecular flexibility index (Phi) is 20.4. The number of carbonyl (C=O) groups is 1. The van der Waals surface area contributed by atoms with Crippen molar-refractivity contribution in [1.82, 2.24) is 0 Å². The largest absolute Gasteiger partial charge is 0.481 e. The molecule has 0 aromatic rings. The number of unbranched alkanes of at least 4 members (excludes halogenated alkanes) is 17. The predicted molar refractivity (Wildman–Crippen MR) is 115 cm³/mol. The van der Waals surface area contributed by atoms with Gasteiger partial charge >= 0.3 is 5.97 Å². The maximum atomic E-state index is 10.6. The van der Waals surface area contributed by atoms with Gasteiger partial charge < -0.3 is 5.11 Å². The van der Waals surface area contributed by atoms with Crippen molar-refractivity contribution in [2.24, 2.45) is 5.92 Å². The van der Waals surface area contributed by atoms with Gasteiger partial charge in [0.05, 0.1) is 0 Å². The molecule has 0 spiro atoms. The average molecular weight is 369 g/mol. The molecule has 0 radical (unpaired) electrons. The van der Waals surface area contributed by atoms with Crippen molar-refractivity contribution in [3.05, 3.63) is 0 Å². The van der Waals surface area contributed by atoms with Gasteiger partial charge in [-0.1, -0.05) is 136 Å². The Morgan fingerprint density at radius 3 is 1.23 bits per heavy atom. The average Bonchev–Trinajstić information content (AvgIpc) is 2.60. The van der Waals surface area contributed by atoms with Crippen LogP contribution in [0.5, 0.6) is 0 Å². The van der Waals surface area contributed by atoms with Crippen LogP contribution in [-0.2, 0) is 4.79 Å². The second-order valence-electron chi connectivity index (χ2n) is 8.50. The molecule has 1 atom stereocenters. The normalized spacial score (nSPS) is 12.4. The van der Waals surface area contributed by atoms with Crippen molar-refractivity contribution in [3.8, 4) is 0 Å². The first-order valence-corrected chi connectivity index (χ1v) is 11.9. The van der Waals surface area contributed by atoms with Crippen LogP contribution in [0.1, 0.15) is 142 Å². The second kappa shape index (κ2) is 20.8. The lowest BCUT2D eigenvalue weighted by Gasteiger charge is -2.08. The minimum absolute atomic E-state index is 0.332. The van der Waals surface area contributed by atoms with E-state index in [1.165, 1.54) is 116 Å². The van der Waals surface area contributed by atoms with Crippen molar-refractivity contribution in [2.45, 2.75) is 142 Å². The molecule has 0 saturated carbocycles. The fourth-order valence-electron chi connectivity index (χ4n) is 3.79. The fraction of sp³-hybridized carbons (Fsp3) is 0.958. The zero-order valence-electron chi connectivity index (χ0n) is 18.1. The highest BCUT2D eigenvalue weighted by molar-refractivity contribution is 5.66. The lowest BCUT2D eigenvalue weighted by molar-refractivity contribution is -0.138. The van der Waals surface area contributed by atoms with Crippen LogP contribution < -0.4 is 0 Å². The van der Waals surface area contributed by atoms with Crippen molar-refractivity contribution >= 4 is 5.97 Å². The van der Waals surface area contributed by atoms with Gasteiger partial charge in [-0.15, -0.1) is 0 Å². The molecule has 1 N–H and O–H groups in total. The molecule has 0 aliphatic heterocycles. The predicted octanol–water partition coefficient (Wildman–Crippen LogP) is 8.53. The minimum atomic E-state index is -0.653. The van der Waals surface area contributed by atoms with Crippen LogP contribution in [0, 0.1) is 5.92 Å². The molecule has 0 fully saturated rings. The van der Waals surface area contributed by atoms with Crippen molar-refractivity contribution < 1.29 is 9.90 Å². The molecular formula is C24H48O2. The zero-order valence-corrected chi connectivity index (χ0v) is 18.1. The lowest BCUT2D eigenvalue weighted by Crippen LogP contribution is -2.03.